The van der Waals surface area contributed by atoms with E-state index in [1.807, 2.05) is 6.92 Å². The van der Waals surface area contributed by atoms with Crippen LogP contribution in [0, 0.1) is 17.4 Å². The summed E-state index contributed by atoms with van der Waals surface area (Å²) in [7, 11) is 0. The van der Waals surface area contributed by atoms with Crippen molar-refractivity contribution in [2.75, 3.05) is 0 Å². The van der Waals surface area contributed by atoms with E-state index < -0.39 is 0 Å². The van der Waals surface area contributed by atoms with Crippen LogP contribution in [0.4, 0.5) is 0 Å². The highest BCUT2D eigenvalue weighted by atomic mass is 127. The summed E-state index contributed by atoms with van der Waals surface area (Å²) in [5, 5.41) is 10.4. The predicted octanol–water partition coefficient (Wildman–Crippen LogP) is 3.01. The third-order valence-electron chi connectivity index (χ3n) is 2.20. The number of hydrogen-bond donors (Lipinski definition) is 1. The fraction of sp³-hybridized carbons (Fsp3) is 0.300. The van der Waals surface area contributed by atoms with E-state index in [0.717, 1.165) is 19.7 Å². The second-order valence-electron chi connectivity index (χ2n) is 3.22. The van der Waals surface area contributed by atoms with Gasteiger partial charge in [-0.1, -0.05) is 0 Å². The Hall–Kier alpha value is -0.200. The van der Waals surface area contributed by atoms with Gasteiger partial charge < -0.3 is 5.11 Å². The minimum absolute atomic E-state index is 0.0714. The lowest BCUT2D eigenvalue weighted by Crippen LogP contribution is -1.96. The number of aromatic nitrogens is 1. The Balaban J connectivity index is 2.84. The number of nitrogens with zero attached hydrogens (tertiary/aromatic N) is 1. The lowest BCUT2D eigenvalue weighted by Gasteiger charge is -2.05. The summed E-state index contributed by atoms with van der Waals surface area (Å²) >= 11 is 3.99. The summed E-state index contributed by atoms with van der Waals surface area (Å²) in [5.41, 5.74) is 1.89. The molecule has 2 aromatic rings. The Morgan fingerprint density at radius 2 is 2.21 bits per heavy atom. The van der Waals surface area contributed by atoms with E-state index in [4.69, 9.17) is 0 Å². The number of aryl methyl sites for hydroxylation is 2. The summed E-state index contributed by atoms with van der Waals surface area (Å²) in [5.74, 6) is 0. The van der Waals surface area contributed by atoms with Gasteiger partial charge in [-0.3, -0.25) is 0 Å². The van der Waals surface area contributed by atoms with Crippen molar-refractivity contribution in [3.8, 4) is 0 Å². The molecule has 74 valence electrons. The van der Waals surface area contributed by atoms with Gasteiger partial charge in [0.1, 0.15) is 4.83 Å². The molecule has 0 saturated heterocycles. The lowest BCUT2D eigenvalue weighted by atomic mass is 10.2. The topological polar surface area (TPSA) is 33.1 Å². The molecule has 0 amide bonds. The first-order valence-corrected chi connectivity index (χ1v) is 6.19. The molecule has 0 aliphatic carbocycles. The molecule has 0 spiro atoms. The summed E-state index contributed by atoms with van der Waals surface area (Å²) < 4.78 is 1.14. The monoisotopic (exact) mass is 319 g/mol. The molecule has 0 fully saturated rings. The number of halogens is 1. The van der Waals surface area contributed by atoms with Gasteiger partial charge in [0.05, 0.1) is 6.61 Å². The SMILES string of the molecule is Cc1cc2c(I)c(CO)c(C)nc2s1. The molecule has 0 saturated carbocycles. The average molecular weight is 319 g/mol. The Labute approximate surface area is 100 Å². The van der Waals surface area contributed by atoms with Gasteiger partial charge in [-0.15, -0.1) is 11.3 Å². The van der Waals surface area contributed by atoms with Gasteiger partial charge >= 0.3 is 0 Å². The first-order valence-electron chi connectivity index (χ1n) is 4.29. The molecule has 0 bridgehead atoms. The predicted molar refractivity (Wildman–Crippen MR) is 67.7 cm³/mol. The van der Waals surface area contributed by atoms with E-state index in [0.29, 0.717) is 0 Å². The number of hydrogen-bond acceptors (Lipinski definition) is 3. The van der Waals surface area contributed by atoms with Crippen LogP contribution in [0.15, 0.2) is 6.07 Å². The molecule has 0 aliphatic heterocycles. The van der Waals surface area contributed by atoms with E-state index in [1.165, 1.54) is 10.3 Å². The van der Waals surface area contributed by atoms with Crippen LogP contribution in [-0.2, 0) is 6.61 Å². The second kappa shape index (κ2) is 3.75. The van der Waals surface area contributed by atoms with Gasteiger partial charge in [0.2, 0.25) is 0 Å². The number of aliphatic hydroxyl groups is 1. The summed E-state index contributed by atoms with van der Waals surface area (Å²) in [6.45, 7) is 4.10. The highest BCUT2D eigenvalue weighted by Gasteiger charge is 2.11. The Morgan fingerprint density at radius 1 is 1.50 bits per heavy atom. The molecule has 0 radical (unpaired) electrons. The molecular formula is C10H10INOS. The zero-order valence-corrected chi connectivity index (χ0v) is 10.9. The van der Waals surface area contributed by atoms with Crippen molar-refractivity contribution in [2.24, 2.45) is 0 Å². The van der Waals surface area contributed by atoms with Gasteiger partial charge in [-0.05, 0) is 42.5 Å². The van der Waals surface area contributed by atoms with Gasteiger partial charge in [0.25, 0.3) is 0 Å². The molecule has 2 rings (SSSR count). The standard InChI is InChI=1S/C10H10INOS/c1-5-3-7-9(11)8(4-13)6(2)12-10(7)14-5/h3,13H,4H2,1-2H3. The first-order chi connectivity index (χ1) is 6.63. The molecule has 1 N–H and O–H groups in total. The minimum Gasteiger partial charge on any atom is -0.392 e. The summed E-state index contributed by atoms with van der Waals surface area (Å²) in [6, 6.07) is 2.13. The average Bonchev–Trinajstić information content (AvgIpc) is 2.47. The number of rotatable bonds is 1. The van der Waals surface area contributed by atoms with Crippen molar-refractivity contribution < 1.29 is 5.11 Å². The number of thiophene rings is 1. The molecule has 2 aromatic heterocycles. The fourth-order valence-corrected chi connectivity index (χ4v) is 3.56. The summed E-state index contributed by atoms with van der Waals surface area (Å²) in [6.07, 6.45) is 0. The van der Waals surface area contributed by atoms with Crippen LogP contribution < -0.4 is 0 Å². The Bertz CT molecular complexity index is 492. The highest BCUT2D eigenvalue weighted by molar-refractivity contribution is 14.1. The van der Waals surface area contributed by atoms with Crippen molar-refractivity contribution in [3.05, 3.63) is 25.8 Å². The van der Waals surface area contributed by atoms with E-state index in [-0.39, 0.29) is 6.61 Å². The van der Waals surface area contributed by atoms with Crippen molar-refractivity contribution >= 4 is 44.1 Å². The number of fused-ring (bicyclic) bond motifs is 1. The van der Waals surface area contributed by atoms with E-state index >= 15 is 0 Å². The van der Waals surface area contributed by atoms with Crippen LogP contribution >= 0.6 is 33.9 Å². The largest absolute Gasteiger partial charge is 0.392 e. The summed E-state index contributed by atoms with van der Waals surface area (Å²) in [4.78, 5) is 6.82. The fourth-order valence-electron chi connectivity index (χ4n) is 1.47. The molecule has 2 nitrogen and oxygen atoms in total. The second-order valence-corrected chi connectivity index (χ2v) is 5.54. The van der Waals surface area contributed by atoms with E-state index in [2.05, 4.69) is 40.6 Å². The van der Waals surface area contributed by atoms with Gasteiger partial charge in [-0.25, -0.2) is 4.98 Å². The quantitative estimate of drug-likeness (QED) is 0.820. The Morgan fingerprint density at radius 3 is 2.86 bits per heavy atom. The number of aliphatic hydroxyl groups excluding tert-OH is 1. The zero-order valence-electron chi connectivity index (χ0n) is 7.97. The van der Waals surface area contributed by atoms with E-state index in [9.17, 15) is 5.11 Å². The van der Waals surface area contributed by atoms with Crippen LogP contribution in [0.1, 0.15) is 16.1 Å². The third-order valence-corrected chi connectivity index (χ3v) is 4.38. The molecule has 14 heavy (non-hydrogen) atoms. The van der Waals surface area contributed by atoms with Gasteiger partial charge in [-0.2, -0.15) is 0 Å². The molecule has 0 aromatic carbocycles. The van der Waals surface area contributed by atoms with Crippen molar-refractivity contribution in [3.63, 3.8) is 0 Å². The molecule has 0 unspecified atom stereocenters. The maximum absolute atomic E-state index is 9.22. The van der Waals surface area contributed by atoms with Crippen LogP contribution in [0.3, 0.4) is 0 Å². The van der Waals surface area contributed by atoms with Gasteiger partial charge in [0, 0.05) is 25.1 Å². The van der Waals surface area contributed by atoms with Crippen molar-refractivity contribution in [1.29, 1.82) is 0 Å². The maximum atomic E-state index is 9.22. The van der Waals surface area contributed by atoms with Crippen LogP contribution in [0.2, 0.25) is 0 Å². The van der Waals surface area contributed by atoms with Crippen molar-refractivity contribution in [2.45, 2.75) is 20.5 Å². The third kappa shape index (κ3) is 1.55. The Kier molecular flexibility index (Phi) is 2.77. The highest BCUT2D eigenvalue weighted by Crippen LogP contribution is 2.30. The lowest BCUT2D eigenvalue weighted by molar-refractivity contribution is 0.280. The minimum atomic E-state index is 0.0714. The van der Waals surface area contributed by atoms with Crippen LogP contribution in [0.25, 0.3) is 10.2 Å². The van der Waals surface area contributed by atoms with Crippen LogP contribution in [0.5, 0.6) is 0 Å². The molecular weight excluding hydrogens is 309 g/mol. The normalized spacial score (nSPS) is 11.1. The number of pyridine rings is 1. The molecule has 2 heterocycles. The van der Waals surface area contributed by atoms with Crippen molar-refractivity contribution in [1.82, 2.24) is 4.98 Å². The molecule has 4 heteroatoms. The first kappa shape index (κ1) is 10.3. The van der Waals surface area contributed by atoms with Crippen LogP contribution in [-0.4, -0.2) is 10.1 Å². The molecule has 0 aliphatic rings. The molecule has 0 atom stereocenters. The zero-order chi connectivity index (χ0) is 10.3. The maximum Gasteiger partial charge on any atom is 0.124 e. The van der Waals surface area contributed by atoms with Gasteiger partial charge in [0.15, 0.2) is 0 Å². The van der Waals surface area contributed by atoms with E-state index in [1.54, 1.807) is 11.3 Å². The smallest absolute Gasteiger partial charge is 0.124 e.